The summed E-state index contributed by atoms with van der Waals surface area (Å²) in [4.78, 5) is 31.5. The second-order valence-electron chi connectivity index (χ2n) is 16.3. The average Bonchev–Trinajstić information content (AvgIpc) is 3.17. The number of rotatable bonds is 41. The van der Waals surface area contributed by atoms with E-state index in [1.54, 1.807) is 0 Å². The van der Waals surface area contributed by atoms with Gasteiger partial charge < -0.3 is 15.3 Å². The molecule has 0 spiro atoms. The first kappa shape index (κ1) is 58.0. The Morgan fingerprint density at radius 2 is 0.393 bits per heavy atom. The van der Waals surface area contributed by atoms with Gasteiger partial charge in [0.15, 0.2) is 0 Å². The van der Waals surface area contributed by atoms with Crippen molar-refractivity contribution in [1.29, 1.82) is 0 Å². The molecule has 6 heteroatoms. The van der Waals surface area contributed by atoms with Crippen LogP contribution in [0.4, 0.5) is 0 Å². The Balaban J connectivity index is -0.000000782. The molecule has 0 bridgehead atoms. The number of aliphatic carboxylic acids is 3. The molecular weight excluding hydrogens is 697 g/mol. The third-order valence-corrected chi connectivity index (χ3v) is 10.7. The Morgan fingerprint density at radius 3 is 0.518 bits per heavy atom. The van der Waals surface area contributed by atoms with Crippen LogP contribution < -0.4 is 0 Å². The lowest BCUT2D eigenvalue weighted by atomic mass is 10.0. The fraction of sp³-hybridized carbons (Fsp3) is 0.820. The summed E-state index contributed by atoms with van der Waals surface area (Å²) in [5.74, 6) is -2.54. The minimum Gasteiger partial charge on any atom is -0.478 e. The van der Waals surface area contributed by atoms with E-state index in [4.69, 9.17) is 15.3 Å². The van der Waals surface area contributed by atoms with Crippen LogP contribution in [0, 0.1) is 0 Å². The first-order chi connectivity index (χ1) is 27.0. The molecule has 0 rings (SSSR count). The van der Waals surface area contributed by atoms with Crippen molar-refractivity contribution in [2.24, 2.45) is 0 Å². The first-order valence-corrected chi connectivity index (χ1v) is 23.8. The molecule has 0 saturated carbocycles. The van der Waals surface area contributed by atoms with Crippen molar-refractivity contribution >= 4 is 17.9 Å². The topological polar surface area (TPSA) is 112 Å². The van der Waals surface area contributed by atoms with Crippen molar-refractivity contribution in [2.75, 3.05) is 0 Å². The van der Waals surface area contributed by atoms with Crippen LogP contribution in [0.15, 0.2) is 36.5 Å². The van der Waals surface area contributed by atoms with Gasteiger partial charge in [-0.05, 0) is 38.5 Å². The molecule has 0 aliphatic rings. The normalized spacial score (nSPS) is 10.6. The van der Waals surface area contributed by atoms with Gasteiger partial charge in [-0.15, -0.1) is 0 Å². The van der Waals surface area contributed by atoms with E-state index >= 15 is 0 Å². The summed E-state index contributed by atoms with van der Waals surface area (Å²) in [5, 5.41) is 25.9. The second-order valence-corrected chi connectivity index (χ2v) is 16.3. The molecule has 330 valence electrons. The highest BCUT2D eigenvalue weighted by atomic mass is 16.4. The van der Waals surface area contributed by atoms with E-state index in [-0.39, 0.29) is 0 Å². The Labute approximate surface area is 347 Å². The summed E-state index contributed by atoms with van der Waals surface area (Å²) in [5.41, 5.74) is 1.06. The van der Waals surface area contributed by atoms with Gasteiger partial charge in [-0.1, -0.05) is 246 Å². The zero-order valence-corrected chi connectivity index (χ0v) is 37.6. The molecule has 0 aromatic carbocycles. The fourth-order valence-corrected chi connectivity index (χ4v) is 6.68. The molecule has 0 heterocycles. The molecule has 3 N–H and O–H groups in total. The molecule has 56 heavy (non-hydrogen) atoms. The number of hydrogen-bond acceptors (Lipinski definition) is 3. The lowest BCUT2D eigenvalue weighted by Gasteiger charge is -2.04. The number of carbonyl (C=O) groups is 3. The summed E-state index contributed by atoms with van der Waals surface area (Å²) < 4.78 is 0. The molecule has 0 amide bonds. The maximum Gasteiger partial charge on any atom is 0.330 e. The number of unbranched alkanes of at least 4 members (excludes halogenated alkanes) is 32. The Kier molecular flexibility index (Phi) is 50.5. The van der Waals surface area contributed by atoms with Gasteiger partial charge in [-0.25, -0.2) is 14.4 Å². The lowest BCUT2D eigenvalue weighted by Crippen LogP contribution is -1.98. The van der Waals surface area contributed by atoms with Crippen LogP contribution >= 0.6 is 0 Å². The van der Waals surface area contributed by atoms with Gasteiger partial charge in [0.2, 0.25) is 0 Å². The molecular formula is C50H94O6. The molecule has 6 nitrogen and oxygen atoms in total. The van der Waals surface area contributed by atoms with Crippen molar-refractivity contribution in [3.63, 3.8) is 0 Å². The van der Waals surface area contributed by atoms with E-state index in [0.717, 1.165) is 38.5 Å². The van der Waals surface area contributed by atoms with Crippen LogP contribution in [0.2, 0.25) is 0 Å². The van der Waals surface area contributed by atoms with E-state index in [1.165, 1.54) is 186 Å². The first-order valence-electron chi connectivity index (χ1n) is 23.8. The highest BCUT2D eigenvalue weighted by Gasteiger charge is 2.04. The van der Waals surface area contributed by atoms with Crippen LogP contribution in [0.1, 0.15) is 265 Å². The van der Waals surface area contributed by atoms with Gasteiger partial charge in [0.1, 0.15) is 0 Å². The van der Waals surface area contributed by atoms with Crippen LogP contribution in [-0.2, 0) is 14.4 Å². The molecule has 0 radical (unpaired) electrons. The van der Waals surface area contributed by atoms with E-state index in [2.05, 4.69) is 40.5 Å². The highest BCUT2D eigenvalue weighted by molar-refractivity contribution is 5.86. The summed E-state index contributed by atoms with van der Waals surface area (Å²) >= 11 is 0. The van der Waals surface area contributed by atoms with E-state index < -0.39 is 17.9 Å². The second kappa shape index (κ2) is 48.8. The minimum absolute atomic E-state index is 0.346. The SMILES string of the molecule is C=C(CCCCCCCCC)C(=O)O.C=C(CCCCCCCCCCCCC)C(=O)O.C=C(CCCCCCCCCCCCCCCCCCC)C(=O)O. The van der Waals surface area contributed by atoms with Crippen molar-refractivity contribution in [3.8, 4) is 0 Å². The van der Waals surface area contributed by atoms with Gasteiger partial charge >= 0.3 is 17.9 Å². The molecule has 0 aromatic heterocycles. The number of hydrogen-bond donors (Lipinski definition) is 3. The van der Waals surface area contributed by atoms with Crippen molar-refractivity contribution in [1.82, 2.24) is 0 Å². The molecule has 0 aliphatic carbocycles. The molecule has 0 fully saturated rings. The van der Waals surface area contributed by atoms with Crippen molar-refractivity contribution in [2.45, 2.75) is 265 Å². The standard InChI is InChI=1S/C22H42O2.C16H30O2.C12H22O2/c1-3-4-5-6-7-8-9-10-11-12-13-14-15-16-17-18-19-20-21(2)22(23)24;1-3-4-5-6-7-8-9-10-11-12-13-14-15(2)16(17)18;1-3-4-5-6-7-8-9-10-11(2)12(13)14/h2-20H2,1H3,(H,23,24);2-14H2,1H3,(H,17,18);2-10H2,1H3,(H,13,14). The minimum atomic E-state index is -0.851. The smallest absolute Gasteiger partial charge is 0.330 e. The van der Waals surface area contributed by atoms with Crippen LogP contribution in [0.5, 0.6) is 0 Å². The monoisotopic (exact) mass is 791 g/mol. The number of carboxylic acids is 3. The fourth-order valence-electron chi connectivity index (χ4n) is 6.68. The van der Waals surface area contributed by atoms with Gasteiger partial charge in [0.05, 0.1) is 0 Å². The van der Waals surface area contributed by atoms with Crippen LogP contribution in [-0.4, -0.2) is 33.2 Å². The molecule has 0 saturated heterocycles. The summed E-state index contributed by atoms with van der Waals surface area (Å²) in [6.07, 6.45) is 47.7. The van der Waals surface area contributed by atoms with E-state index in [0.29, 0.717) is 36.0 Å². The molecule has 0 aliphatic heterocycles. The lowest BCUT2D eigenvalue weighted by molar-refractivity contribution is -0.133. The summed E-state index contributed by atoms with van der Waals surface area (Å²) in [7, 11) is 0. The predicted octanol–water partition coefficient (Wildman–Crippen LogP) is 16.8. The van der Waals surface area contributed by atoms with Crippen molar-refractivity contribution in [3.05, 3.63) is 36.5 Å². The largest absolute Gasteiger partial charge is 0.478 e. The Morgan fingerprint density at radius 1 is 0.268 bits per heavy atom. The van der Waals surface area contributed by atoms with Gasteiger partial charge in [-0.2, -0.15) is 0 Å². The maximum absolute atomic E-state index is 10.6. The molecule has 0 atom stereocenters. The van der Waals surface area contributed by atoms with Gasteiger partial charge in [0.25, 0.3) is 0 Å². The summed E-state index contributed by atoms with van der Waals surface area (Å²) in [6.45, 7) is 17.3. The predicted molar refractivity (Wildman–Crippen MR) is 243 cm³/mol. The van der Waals surface area contributed by atoms with Crippen LogP contribution in [0.25, 0.3) is 0 Å². The third kappa shape index (κ3) is 51.6. The van der Waals surface area contributed by atoms with Crippen LogP contribution in [0.3, 0.4) is 0 Å². The molecule has 0 unspecified atom stereocenters. The number of carboxylic acid groups (broad SMARTS) is 3. The maximum atomic E-state index is 10.6. The average molecular weight is 791 g/mol. The van der Waals surface area contributed by atoms with E-state index in [9.17, 15) is 14.4 Å². The van der Waals surface area contributed by atoms with Gasteiger partial charge in [-0.3, -0.25) is 0 Å². The Bertz CT molecular complexity index is 923. The summed E-state index contributed by atoms with van der Waals surface area (Å²) in [6, 6.07) is 0. The zero-order chi connectivity index (χ0) is 42.3. The van der Waals surface area contributed by atoms with Crippen molar-refractivity contribution < 1.29 is 29.7 Å². The highest BCUT2D eigenvalue weighted by Crippen LogP contribution is 2.16. The zero-order valence-electron chi connectivity index (χ0n) is 37.6. The third-order valence-electron chi connectivity index (χ3n) is 10.7. The van der Waals surface area contributed by atoms with Gasteiger partial charge in [0, 0.05) is 16.7 Å². The quantitative estimate of drug-likeness (QED) is 0.0420. The molecule has 0 aromatic rings. The Hall–Kier alpha value is -2.37. The van der Waals surface area contributed by atoms with E-state index in [1.807, 2.05) is 0 Å².